The SMILES string of the molecule is CC1(C)c2cc(N(c3ccccc3)c3cccc4ccccc34)ccc2-c2c1c1c(c3ccccc23)-c2ccc(N(c3ccccc3)c3cccc4ccccc34)cc2C1(C)C. The summed E-state index contributed by atoms with van der Waals surface area (Å²) in [5.41, 5.74) is 17.4. The molecule has 0 radical (unpaired) electrons. The lowest BCUT2D eigenvalue weighted by Gasteiger charge is -2.32. The minimum absolute atomic E-state index is 0.281. The van der Waals surface area contributed by atoms with Gasteiger partial charge in [-0.25, -0.2) is 0 Å². The van der Waals surface area contributed by atoms with Gasteiger partial charge in [0, 0.05) is 44.4 Å². The average Bonchev–Trinajstić information content (AvgIpc) is 3.69. The van der Waals surface area contributed by atoms with Crippen molar-refractivity contribution in [2.45, 2.75) is 38.5 Å². The first-order chi connectivity index (χ1) is 30.3. The van der Waals surface area contributed by atoms with Crippen LogP contribution in [0.2, 0.25) is 0 Å². The smallest absolute Gasteiger partial charge is 0.0540 e. The second-order valence-electron chi connectivity index (χ2n) is 18.1. The standard InChI is InChI=1S/C60H46N2/c1-59(2)51-37-43(61(41-23-7-5-8-24-41)53-31-17-21-39-19-11-13-27-45(39)53)33-35-49(51)55-47-29-15-16-30-48(47)56-50-36-34-44(38-52(50)60(3,4)58(56)57(55)59)62(42-25-9-6-10-26-42)54-32-18-22-40-20-12-14-28-46(40)54/h5-38H,1-4H3. The summed E-state index contributed by atoms with van der Waals surface area (Å²) in [7, 11) is 0. The first kappa shape index (κ1) is 36.4. The van der Waals surface area contributed by atoms with Crippen molar-refractivity contribution in [1.82, 2.24) is 0 Å². The maximum atomic E-state index is 2.49. The highest BCUT2D eigenvalue weighted by molar-refractivity contribution is 6.13. The zero-order valence-electron chi connectivity index (χ0n) is 35.5. The molecule has 0 saturated heterocycles. The molecule has 12 rings (SSSR count). The highest BCUT2D eigenvalue weighted by Gasteiger charge is 2.47. The van der Waals surface area contributed by atoms with Crippen LogP contribution in [0.4, 0.5) is 34.1 Å². The van der Waals surface area contributed by atoms with E-state index in [9.17, 15) is 0 Å². The third-order valence-corrected chi connectivity index (χ3v) is 13.9. The van der Waals surface area contributed by atoms with Crippen LogP contribution in [0.1, 0.15) is 49.9 Å². The van der Waals surface area contributed by atoms with Crippen molar-refractivity contribution in [3.63, 3.8) is 0 Å². The zero-order chi connectivity index (χ0) is 41.7. The molecular formula is C60H46N2. The summed E-state index contributed by atoms with van der Waals surface area (Å²) in [5.74, 6) is 0. The summed E-state index contributed by atoms with van der Waals surface area (Å²) in [5, 5.41) is 7.58. The van der Waals surface area contributed by atoms with Gasteiger partial charge in [-0.2, -0.15) is 0 Å². The molecule has 0 saturated carbocycles. The molecule has 10 aromatic rings. The Kier molecular flexibility index (Phi) is 7.96. The maximum absolute atomic E-state index is 2.49. The van der Waals surface area contributed by atoms with E-state index < -0.39 is 0 Å². The van der Waals surface area contributed by atoms with Gasteiger partial charge >= 0.3 is 0 Å². The fourth-order valence-corrected chi connectivity index (χ4v) is 11.1. The Labute approximate surface area is 364 Å². The van der Waals surface area contributed by atoms with Crippen molar-refractivity contribution in [1.29, 1.82) is 0 Å². The Balaban J connectivity index is 1.06. The summed E-state index contributed by atoms with van der Waals surface area (Å²) < 4.78 is 0. The highest BCUT2D eigenvalue weighted by atomic mass is 15.1. The van der Waals surface area contributed by atoms with E-state index in [1.807, 2.05) is 0 Å². The van der Waals surface area contributed by atoms with E-state index in [4.69, 9.17) is 0 Å². The van der Waals surface area contributed by atoms with Gasteiger partial charge in [0.05, 0.1) is 11.4 Å². The molecule has 0 fully saturated rings. The van der Waals surface area contributed by atoms with Gasteiger partial charge in [0.1, 0.15) is 0 Å². The van der Waals surface area contributed by atoms with Crippen LogP contribution in [0.15, 0.2) is 206 Å². The lowest BCUT2D eigenvalue weighted by molar-refractivity contribution is 0.602. The van der Waals surface area contributed by atoms with Crippen LogP contribution in [-0.2, 0) is 10.8 Å². The van der Waals surface area contributed by atoms with Gasteiger partial charge in [-0.15, -0.1) is 0 Å². The molecule has 0 N–H and O–H groups in total. The lowest BCUT2D eigenvalue weighted by Crippen LogP contribution is -2.24. The van der Waals surface area contributed by atoms with Crippen LogP contribution in [0, 0.1) is 0 Å². The van der Waals surface area contributed by atoms with E-state index in [1.165, 1.54) is 88.2 Å². The number of hydrogen-bond donors (Lipinski definition) is 0. The van der Waals surface area contributed by atoms with Gasteiger partial charge in [-0.05, 0) is 127 Å². The summed E-state index contributed by atoms with van der Waals surface area (Å²) >= 11 is 0. The predicted octanol–water partition coefficient (Wildman–Crippen LogP) is 16.7. The van der Waals surface area contributed by atoms with Gasteiger partial charge in [0.25, 0.3) is 0 Å². The van der Waals surface area contributed by atoms with E-state index in [2.05, 4.69) is 244 Å². The van der Waals surface area contributed by atoms with Crippen molar-refractivity contribution >= 4 is 66.4 Å². The number of rotatable bonds is 6. The topological polar surface area (TPSA) is 6.48 Å². The van der Waals surface area contributed by atoms with Crippen molar-refractivity contribution in [2.24, 2.45) is 0 Å². The Morgan fingerprint density at radius 2 is 0.661 bits per heavy atom. The fraction of sp³-hybridized carbons (Fsp3) is 0.100. The number of para-hydroxylation sites is 2. The van der Waals surface area contributed by atoms with E-state index in [1.54, 1.807) is 0 Å². The number of anilines is 6. The summed E-state index contributed by atoms with van der Waals surface area (Å²) in [4.78, 5) is 4.89. The second kappa shape index (κ2) is 13.5. The summed E-state index contributed by atoms with van der Waals surface area (Å²) in [6, 6.07) is 76.1. The fourth-order valence-electron chi connectivity index (χ4n) is 11.1. The molecule has 0 aromatic heterocycles. The van der Waals surface area contributed by atoms with E-state index in [-0.39, 0.29) is 10.8 Å². The Hall–Kier alpha value is -7.42. The normalized spacial score (nSPS) is 14.1. The van der Waals surface area contributed by atoms with Crippen molar-refractivity contribution in [3.05, 3.63) is 229 Å². The molecule has 0 spiro atoms. The number of benzene rings is 10. The molecule has 0 aliphatic heterocycles. The molecule has 0 amide bonds. The van der Waals surface area contributed by atoms with Crippen LogP contribution < -0.4 is 9.80 Å². The van der Waals surface area contributed by atoms with Crippen LogP contribution in [0.5, 0.6) is 0 Å². The van der Waals surface area contributed by atoms with Gasteiger partial charge in [-0.1, -0.05) is 173 Å². The zero-order valence-corrected chi connectivity index (χ0v) is 35.5. The largest absolute Gasteiger partial charge is 0.310 e. The van der Waals surface area contributed by atoms with Gasteiger partial charge in [0.15, 0.2) is 0 Å². The highest BCUT2D eigenvalue weighted by Crippen LogP contribution is 2.63. The molecule has 0 unspecified atom stereocenters. The van der Waals surface area contributed by atoms with Crippen LogP contribution in [0.25, 0.3) is 54.6 Å². The third-order valence-electron chi connectivity index (χ3n) is 13.9. The number of fused-ring (bicyclic) bond motifs is 12. The van der Waals surface area contributed by atoms with Crippen LogP contribution >= 0.6 is 0 Å². The van der Waals surface area contributed by atoms with E-state index in [0.717, 1.165) is 22.7 Å². The van der Waals surface area contributed by atoms with Gasteiger partial charge in [-0.3, -0.25) is 0 Å². The minimum atomic E-state index is -0.281. The van der Waals surface area contributed by atoms with Gasteiger partial charge < -0.3 is 9.80 Å². The molecule has 0 bridgehead atoms. The first-order valence-corrected chi connectivity index (χ1v) is 21.9. The predicted molar refractivity (Wildman–Crippen MR) is 263 cm³/mol. The number of nitrogens with zero attached hydrogens (tertiary/aromatic N) is 2. The summed E-state index contributed by atoms with van der Waals surface area (Å²) in [6.07, 6.45) is 0. The number of hydrogen-bond acceptors (Lipinski definition) is 2. The van der Waals surface area contributed by atoms with Gasteiger partial charge in [0.2, 0.25) is 0 Å². The molecule has 0 heterocycles. The molecular weight excluding hydrogens is 749 g/mol. The van der Waals surface area contributed by atoms with Crippen LogP contribution in [-0.4, -0.2) is 0 Å². The molecule has 62 heavy (non-hydrogen) atoms. The van der Waals surface area contributed by atoms with Crippen molar-refractivity contribution in [3.8, 4) is 22.3 Å². The maximum Gasteiger partial charge on any atom is 0.0540 e. The monoisotopic (exact) mass is 794 g/mol. The molecule has 2 aliphatic carbocycles. The second-order valence-corrected chi connectivity index (χ2v) is 18.1. The van der Waals surface area contributed by atoms with Crippen molar-refractivity contribution < 1.29 is 0 Å². The molecule has 296 valence electrons. The third kappa shape index (κ3) is 5.23. The Morgan fingerprint density at radius 3 is 1.08 bits per heavy atom. The van der Waals surface area contributed by atoms with E-state index in [0.29, 0.717) is 0 Å². The molecule has 2 aliphatic rings. The Morgan fingerprint density at radius 1 is 0.306 bits per heavy atom. The minimum Gasteiger partial charge on any atom is -0.310 e. The van der Waals surface area contributed by atoms with E-state index >= 15 is 0 Å². The molecule has 10 aromatic carbocycles. The van der Waals surface area contributed by atoms with Crippen molar-refractivity contribution in [2.75, 3.05) is 9.80 Å². The van der Waals surface area contributed by atoms with Crippen LogP contribution in [0.3, 0.4) is 0 Å². The Bertz CT molecular complexity index is 3180. The summed E-state index contributed by atoms with van der Waals surface area (Å²) in [6.45, 7) is 9.85. The average molecular weight is 795 g/mol. The molecule has 2 heteroatoms. The quantitative estimate of drug-likeness (QED) is 0.165. The first-order valence-electron chi connectivity index (χ1n) is 21.9. The lowest BCUT2D eigenvalue weighted by atomic mass is 9.71. The molecule has 0 atom stereocenters. The molecule has 2 nitrogen and oxygen atoms in total.